The van der Waals surface area contributed by atoms with E-state index in [-0.39, 0.29) is 6.04 Å². The number of nitrogens with one attached hydrogen (secondary N) is 1. The number of pyridine rings is 1. The van der Waals surface area contributed by atoms with E-state index in [1.807, 2.05) is 6.92 Å². The van der Waals surface area contributed by atoms with Crippen LogP contribution in [0, 0.1) is 5.92 Å². The van der Waals surface area contributed by atoms with E-state index in [0.29, 0.717) is 23.2 Å². The summed E-state index contributed by atoms with van der Waals surface area (Å²) in [4.78, 5) is 4.52. The summed E-state index contributed by atoms with van der Waals surface area (Å²) in [6.45, 7) is 3.45. The maximum absolute atomic E-state index is 12.9. The fraction of sp³-hybridized carbons (Fsp3) is 0.643. The van der Waals surface area contributed by atoms with Crippen molar-refractivity contribution in [1.82, 2.24) is 9.29 Å². The summed E-state index contributed by atoms with van der Waals surface area (Å²) in [5.41, 5.74) is 0. The number of anilines is 1. The van der Waals surface area contributed by atoms with Crippen molar-refractivity contribution in [2.75, 3.05) is 18.4 Å². The van der Waals surface area contributed by atoms with E-state index in [1.165, 1.54) is 6.42 Å². The molecule has 20 heavy (non-hydrogen) atoms. The van der Waals surface area contributed by atoms with Crippen LogP contribution in [0.15, 0.2) is 23.2 Å². The molecule has 1 aliphatic carbocycles. The fourth-order valence-corrected chi connectivity index (χ4v) is 5.14. The first-order valence-corrected chi connectivity index (χ1v) is 8.77. The van der Waals surface area contributed by atoms with Crippen LogP contribution in [0.3, 0.4) is 0 Å². The third kappa shape index (κ3) is 2.31. The van der Waals surface area contributed by atoms with Gasteiger partial charge >= 0.3 is 0 Å². The number of fused-ring (bicyclic) bond motifs is 2. The minimum atomic E-state index is -3.42. The molecule has 110 valence electrons. The summed E-state index contributed by atoms with van der Waals surface area (Å²) < 4.78 is 27.4. The Bertz CT molecular complexity index is 588. The molecule has 2 fully saturated rings. The molecule has 1 N–H and O–H groups in total. The van der Waals surface area contributed by atoms with Gasteiger partial charge in [0.2, 0.25) is 10.0 Å². The van der Waals surface area contributed by atoms with Crippen LogP contribution < -0.4 is 5.32 Å². The highest BCUT2D eigenvalue weighted by atomic mass is 32.2. The second kappa shape index (κ2) is 5.33. The molecular weight excluding hydrogens is 274 g/mol. The molecule has 2 bridgehead atoms. The van der Waals surface area contributed by atoms with E-state index in [1.54, 1.807) is 22.6 Å². The maximum Gasteiger partial charge on any atom is 0.247 e. The van der Waals surface area contributed by atoms with Gasteiger partial charge in [-0.15, -0.1) is 0 Å². The summed E-state index contributed by atoms with van der Waals surface area (Å²) in [7, 11) is -3.42. The molecule has 1 aromatic heterocycles. The Balaban J connectivity index is 1.91. The smallest absolute Gasteiger partial charge is 0.247 e. The number of sulfonamides is 1. The highest BCUT2D eigenvalue weighted by Crippen LogP contribution is 2.41. The van der Waals surface area contributed by atoms with Gasteiger partial charge < -0.3 is 5.32 Å². The van der Waals surface area contributed by atoms with Crippen molar-refractivity contribution in [3.05, 3.63) is 18.3 Å². The van der Waals surface area contributed by atoms with Crippen molar-refractivity contribution >= 4 is 15.8 Å². The Labute approximate surface area is 120 Å². The molecule has 5 nitrogen and oxygen atoms in total. The number of hydrogen-bond donors (Lipinski definition) is 1. The lowest BCUT2D eigenvalue weighted by molar-refractivity contribution is 0.333. The minimum absolute atomic E-state index is 0.198. The van der Waals surface area contributed by atoms with Crippen molar-refractivity contribution in [2.24, 2.45) is 5.92 Å². The van der Waals surface area contributed by atoms with Gasteiger partial charge in [-0.3, -0.25) is 0 Å². The van der Waals surface area contributed by atoms with E-state index in [0.717, 1.165) is 25.8 Å². The van der Waals surface area contributed by atoms with Crippen molar-refractivity contribution in [1.29, 1.82) is 0 Å². The Morgan fingerprint density at radius 1 is 1.45 bits per heavy atom. The van der Waals surface area contributed by atoms with Crippen molar-refractivity contribution < 1.29 is 8.42 Å². The first kappa shape index (κ1) is 13.8. The molecule has 6 heteroatoms. The monoisotopic (exact) mass is 295 g/mol. The number of piperidine rings is 1. The van der Waals surface area contributed by atoms with Crippen LogP contribution in [0.5, 0.6) is 0 Å². The lowest BCUT2D eigenvalue weighted by atomic mass is 10.1. The molecule has 0 radical (unpaired) electrons. The number of hydrogen-bond acceptors (Lipinski definition) is 4. The molecule has 0 spiro atoms. The van der Waals surface area contributed by atoms with Gasteiger partial charge in [0.1, 0.15) is 10.7 Å². The molecule has 2 unspecified atom stereocenters. The van der Waals surface area contributed by atoms with E-state index < -0.39 is 10.0 Å². The normalized spacial score (nSPS) is 26.1. The molecule has 1 saturated heterocycles. The molecule has 2 atom stereocenters. The average molecular weight is 295 g/mol. The van der Waals surface area contributed by atoms with Gasteiger partial charge in [0.25, 0.3) is 0 Å². The summed E-state index contributed by atoms with van der Waals surface area (Å²) in [6, 6.07) is 3.55. The predicted octanol–water partition coefficient (Wildman–Crippen LogP) is 2.08. The van der Waals surface area contributed by atoms with Crippen molar-refractivity contribution in [3.8, 4) is 0 Å². The van der Waals surface area contributed by atoms with Gasteiger partial charge in [-0.25, -0.2) is 13.4 Å². The first-order valence-electron chi connectivity index (χ1n) is 7.33. The molecule has 1 saturated carbocycles. The SMILES string of the molecule is CCCNc1ncccc1S(=O)(=O)N1CC2CCC1C2. The molecule has 0 amide bonds. The van der Waals surface area contributed by atoms with Crippen LogP contribution in [0.2, 0.25) is 0 Å². The van der Waals surface area contributed by atoms with E-state index in [4.69, 9.17) is 0 Å². The standard InChI is InChI=1S/C14H21N3O2S/c1-2-7-15-14-13(4-3-8-16-14)20(18,19)17-10-11-5-6-12(17)9-11/h3-4,8,11-12H,2,5-7,9-10H2,1H3,(H,15,16). The van der Waals surface area contributed by atoms with Crippen LogP contribution in [0.4, 0.5) is 5.82 Å². The zero-order chi connectivity index (χ0) is 14.2. The minimum Gasteiger partial charge on any atom is -0.369 e. The van der Waals surface area contributed by atoms with Gasteiger partial charge in [0.15, 0.2) is 0 Å². The number of nitrogens with zero attached hydrogens (tertiary/aromatic N) is 2. The van der Waals surface area contributed by atoms with Crippen LogP contribution in [-0.2, 0) is 10.0 Å². The molecule has 1 aromatic rings. The Morgan fingerprint density at radius 2 is 2.30 bits per heavy atom. The second-order valence-corrected chi connectivity index (χ2v) is 7.54. The third-order valence-corrected chi connectivity index (χ3v) is 6.21. The summed E-state index contributed by atoms with van der Waals surface area (Å²) in [6.07, 6.45) is 5.77. The van der Waals surface area contributed by atoms with Crippen LogP contribution >= 0.6 is 0 Å². The molecule has 2 aliphatic rings. The highest BCUT2D eigenvalue weighted by molar-refractivity contribution is 7.89. The number of aromatic nitrogens is 1. The summed E-state index contributed by atoms with van der Waals surface area (Å²) in [5.74, 6) is 1.04. The summed E-state index contributed by atoms with van der Waals surface area (Å²) >= 11 is 0. The van der Waals surface area contributed by atoms with Gasteiger partial charge in [0.05, 0.1) is 0 Å². The van der Waals surface area contributed by atoms with Gasteiger partial charge in [-0.05, 0) is 43.7 Å². The largest absolute Gasteiger partial charge is 0.369 e. The molecule has 1 aliphatic heterocycles. The van der Waals surface area contributed by atoms with Gasteiger partial charge in [-0.2, -0.15) is 4.31 Å². The lowest BCUT2D eigenvalue weighted by Gasteiger charge is -2.26. The van der Waals surface area contributed by atoms with E-state index >= 15 is 0 Å². The zero-order valence-corrected chi connectivity index (χ0v) is 12.6. The van der Waals surface area contributed by atoms with Gasteiger partial charge in [0, 0.05) is 25.3 Å². The van der Waals surface area contributed by atoms with E-state index in [2.05, 4.69) is 10.3 Å². The lowest BCUT2D eigenvalue weighted by Crippen LogP contribution is -2.38. The van der Waals surface area contributed by atoms with Crippen LogP contribution in [0.25, 0.3) is 0 Å². The third-order valence-electron chi connectivity index (χ3n) is 4.26. The average Bonchev–Trinajstić information content (AvgIpc) is 3.08. The van der Waals surface area contributed by atoms with E-state index in [9.17, 15) is 8.42 Å². The first-order chi connectivity index (χ1) is 9.63. The quantitative estimate of drug-likeness (QED) is 0.903. The van der Waals surface area contributed by atoms with Crippen LogP contribution in [0.1, 0.15) is 32.6 Å². The molecule has 3 rings (SSSR count). The Morgan fingerprint density at radius 3 is 2.95 bits per heavy atom. The molecular formula is C14H21N3O2S. The Hall–Kier alpha value is -1.14. The number of rotatable bonds is 5. The Kier molecular flexibility index (Phi) is 3.69. The molecule has 2 heterocycles. The van der Waals surface area contributed by atoms with Crippen LogP contribution in [-0.4, -0.2) is 36.8 Å². The summed E-state index contributed by atoms with van der Waals surface area (Å²) in [5, 5.41) is 3.12. The van der Waals surface area contributed by atoms with Crippen molar-refractivity contribution in [3.63, 3.8) is 0 Å². The zero-order valence-electron chi connectivity index (χ0n) is 11.7. The maximum atomic E-state index is 12.9. The second-order valence-electron chi connectivity index (χ2n) is 5.68. The topological polar surface area (TPSA) is 62.3 Å². The fourth-order valence-electron chi connectivity index (χ4n) is 3.28. The molecule has 0 aromatic carbocycles. The van der Waals surface area contributed by atoms with Gasteiger partial charge in [-0.1, -0.05) is 6.92 Å². The predicted molar refractivity (Wildman–Crippen MR) is 78.0 cm³/mol. The highest BCUT2D eigenvalue weighted by Gasteiger charge is 2.44. The van der Waals surface area contributed by atoms with Crippen molar-refractivity contribution in [2.45, 2.75) is 43.5 Å².